The van der Waals surface area contributed by atoms with Crippen LogP contribution in [0.15, 0.2) is 11.8 Å². The first-order valence-electron chi connectivity index (χ1n) is 3.34. The normalized spacial score (nSPS) is 11.6. The molecular weight excluding hydrogens is 128 g/mol. The van der Waals surface area contributed by atoms with Crippen LogP contribution in [0.4, 0.5) is 0 Å². The third-order valence-electron chi connectivity index (χ3n) is 0.928. The fourth-order valence-corrected chi connectivity index (χ4v) is 1.19. The Morgan fingerprint density at radius 3 is 2.67 bits per heavy atom. The Bertz CT molecular complexity index is 81.1. The predicted octanol–water partition coefficient (Wildman–Crippen LogP) is 0.0743. The van der Waals surface area contributed by atoms with Crippen molar-refractivity contribution >= 4 is 8.80 Å². The molecule has 3 N–H and O–H groups in total. The Morgan fingerprint density at radius 2 is 2.22 bits per heavy atom. The van der Waals surface area contributed by atoms with E-state index in [4.69, 9.17) is 5.73 Å². The highest BCUT2D eigenvalue weighted by Crippen LogP contribution is 1.79. The fourth-order valence-electron chi connectivity index (χ4n) is 0.507. The zero-order chi connectivity index (χ0) is 7.11. The molecule has 0 saturated carbocycles. The number of nitrogens with one attached hydrogen (secondary N) is 1. The molecule has 0 spiro atoms. The maximum absolute atomic E-state index is 5.21. The van der Waals surface area contributed by atoms with Gasteiger partial charge < -0.3 is 11.1 Å². The van der Waals surface area contributed by atoms with Gasteiger partial charge in [-0.25, -0.2) is 0 Å². The molecule has 0 fully saturated rings. The molecule has 0 atom stereocenters. The van der Waals surface area contributed by atoms with Gasteiger partial charge in [0.2, 0.25) is 0 Å². The Kier molecular flexibility index (Phi) is 5.92. The molecule has 0 saturated heterocycles. The Balaban J connectivity index is 3.04. The van der Waals surface area contributed by atoms with Crippen LogP contribution in [0.1, 0.15) is 0 Å². The average molecular weight is 144 g/mol. The van der Waals surface area contributed by atoms with Gasteiger partial charge in [0.15, 0.2) is 0 Å². The Hall–Kier alpha value is -0.123. The molecule has 0 aliphatic heterocycles. The highest BCUT2D eigenvalue weighted by atomic mass is 28.3. The highest BCUT2D eigenvalue weighted by Gasteiger charge is 1.83. The molecule has 0 aromatic heterocycles. The van der Waals surface area contributed by atoms with Crippen molar-refractivity contribution in [2.24, 2.45) is 5.73 Å². The molecular formula is C6H16N2Si. The summed E-state index contributed by atoms with van der Waals surface area (Å²) in [6.07, 6.45) is 2.16. The molecule has 0 heterocycles. The van der Waals surface area contributed by atoms with E-state index < -0.39 is 8.80 Å². The largest absolute Gasteiger partial charge is 0.318 e. The second-order valence-corrected chi connectivity index (χ2v) is 5.20. The molecule has 0 rings (SSSR count). The van der Waals surface area contributed by atoms with E-state index in [1.54, 1.807) is 0 Å². The summed E-state index contributed by atoms with van der Waals surface area (Å²) in [5, 5.41) is 3.02. The third kappa shape index (κ3) is 7.88. The second-order valence-electron chi connectivity index (χ2n) is 2.33. The summed E-state index contributed by atoms with van der Waals surface area (Å²) in [5.41, 5.74) is 7.51. The number of hydrogen-bond donors (Lipinski definition) is 2. The topological polar surface area (TPSA) is 38.0 Å². The molecule has 0 aromatic rings. The lowest BCUT2D eigenvalue weighted by Crippen LogP contribution is -2.22. The molecule has 54 valence electrons. The minimum Gasteiger partial charge on any atom is -0.318 e. The number of nitrogens with two attached hydrogens (primary N) is 1. The van der Waals surface area contributed by atoms with Gasteiger partial charge in [0.1, 0.15) is 0 Å². The molecule has 0 radical (unpaired) electrons. The van der Waals surface area contributed by atoms with Gasteiger partial charge in [0.05, 0.1) is 8.80 Å². The van der Waals surface area contributed by atoms with E-state index in [2.05, 4.69) is 30.2 Å². The van der Waals surface area contributed by atoms with Crippen molar-refractivity contribution in [3.8, 4) is 0 Å². The number of hydrogen-bond acceptors (Lipinski definition) is 2. The molecule has 0 bridgehead atoms. The predicted molar refractivity (Wildman–Crippen MR) is 45.1 cm³/mol. The van der Waals surface area contributed by atoms with Gasteiger partial charge in [-0.1, -0.05) is 19.2 Å². The molecule has 0 aliphatic carbocycles. The van der Waals surface area contributed by atoms with Crippen LogP contribution in [0.3, 0.4) is 0 Å². The van der Waals surface area contributed by atoms with Crippen LogP contribution in [0.2, 0.25) is 13.1 Å². The van der Waals surface area contributed by atoms with Gasteiger partial charge in [0.25, 0.3) is 0 Å². The first kappa shape index (κ1) is 8.88. The van der Waals surface area contributed by atoms with E-state index >= 15 is 0 Å². The smallest absolute Gasteiger partial charge is 0.0550 e. The maximum Gasteiger partial charge on any atom is 0.0550 e. The monoisotopic (exact) mass is 144 g/mol. The highest BCUT2D eigenvalue weighted by molar-refractivity contribution is 6.61. The molecule has 3 heteroatoms. The van der Waals surface area contributed by atoms with Crippen LogP contribution in [-0.2, 0) is 0 Å². The van der Waals surface area contributed by atoms with Crippen molar-refractivity contribution in [1.82, 2.24) is 5.32 Å². The van der Waals surface area contributed by atoms with E-state index in [-0.39, 0.29) is 0 Å². The van der Waals surface area contributed by atoms with Gasteiger partial charge in [-0.2, -0.15) is 0 Å². The van der Waals surface area contributed by atoms with Gasteiger partial charge in [-0.3, -0.25) is 0 Å². The lowest BCUT2D eigenvalue weighted by molar-refractivity contribution is 0.776. The van der Waals surface area contributed by atoms with Crippen LogP contribution < -0.4 is 11.1 Å². The van der Waals surface area contributed by atoms with Crippen molar-refractivity contribution in [1.29, 1.82) is 0 Å². The van der Waals surface area contributed by atoms with Crippen molar-refractivity contribution in [2.45, 2.75) is 13.1 Å². The summed E-state index contributed by atoms with van der Waals surface area (Å²) in [4.78, 5) is 0. The summed E-state index contributed by atoms with van der Waals surface area (Å²) in [6, 6.07) is 0. The second kappa shape index (κ2) is 6.00. The van der Waals surface area contributed by atoms with Gasteiger partial charge >= 0.3 is 0 Å². The zero-order valence-corrected chi connectivity index (χ0v) is 7.38. The lowest BCUT2D eigenvalue weighted by atomic mass is 10.6. The van der Waals surface area contributed by atoms with E-state index in [9.17, 15) is 0 Å². The molecule has 0 aliphatic rings. The average Bonchev–Trinajstić information content (AvgIpc) is 1.80. The van der Waals surface area contributed by atoms with Crippen LogP contribution in [0.5, 0.6) is 0 Å². The first-order valence-corrected chi connectivity index (χ1v) is 6.32. The maximum atomic E-state index is 5.21. The molecule has 0 unspecified atom stereocenters. The van der Waals surface area contributed by atoms with Crippen molar-refractivity contribution in [2.75, 3.05) is 13.2 Å². The standard InChI is InChI=1S/C6H16N2Si/c1-9(2)5-3-4-8-6-7/h3,5,8-9H,4,6-7H2,1-2H3. The van der Waals surface area contributed by atoms with E-state index in [0.717, 1.165) is 6.54 Å². The fraction of sp³-hybridized carbons (Fsp3) is 0.667. The van der Waals surface area contributed by atoms with E-state index in [1.165, 1.54) is 0 Å². The van der Waals surface area contributed by atoms with Crippen molar-refractivity contribution in [3.63, 3.8) is 0 Å². The zero-order valence-electron chi connectivity index (χ0n) is 6.22. The first-order chi connectivity index (χ1) is 4.27. The van der Waals surface area contributed by atoms with Crippen LogP contribution in [0.25, 0.3) is 0 Å². The van der Waals surface area contributed by atoms with Crippen LogP contribution in [0, 0.1) is 0 Å². The number of rotatable bonds is 4. The summed E-state index contributed by atoms with van der Waals surface area (Å²) in [6.45, 7) is 6.07. The summed E-state index contributed by atoms with van der Waals surface area (Å²) >= 11 is 0. The van der Waals surface area contributed by atoms with Crippen molar-refractivity contribution in [3.05, 3.63) is 11.8 Å². The molecule has 0 amide bonds. The summed E-state index contributed by atoms with van der Waals surface area (Å²) < 4.78 is 0. The quantitative estimate of drug-likeness (QED) is 0.333. The molecule has 2 nitrogen and oxygen atoms in total. The van der Waals surface area contributed by atoms with E-state index in [1.807, 2.05) is 0 Å². The SMILES string of the molecule is C[SiH](C)C=CCNCN. The van der Waals surface area contributed by atoms with Crippen LogP contribution in [-0.4, -0.2) is 22.0 Å². The summed E-state index contributed by atoms with van der Waals surface area (Å²) in [5.74, 6) is 0. The van der Waals surface area contributed by atoms with Gasteiger partial charge in [0, 0.05) is 13.2 Å². The summed E-state index contributed by atoms with van der Waals surface area (Å²) in [7, 11) is -0.475. The molecule has 0 aromatic carbocycles. The van der Waals surface area contributed by atoms with Crippen molar-refractivity contribution < 1.29 is 0 Å². The van der Waals surface area contributed by atoms with Crippen LogP contribution >= 0.6 is 0 Å². The minimum atomic E-state index is -0.475. The van der Waals surface area contributed by atoms with Gasteiger partial charge in [-0.15, -0.1) is 5.70 Å². The third-order valence-corrected chi connectivity index (χ3v) is 1.97. The van der Waals surface area contributed by atoms with Gasteiger partial charge in [-0.05, 0) is 0 Å². The lowest BCUT2D eigenvalue weighted by Gasteiger charge is -1.94. The Morgan fingerprint density at radius 1 is 1.56 bits per heavy atom. The van der Waals surface area contributed by atoms with E-state index in [0.29, 0.717) is 6.67 Å². The molecule has 9 heavy (non-hydrogen) atoms. The Labute approximate surface area is 58.7 Å². The minimum absolute atomic E-state index is 0.475.